The maximum atomic E-state index is 13.4. The van der Waals surface area contributed by atoms with Gasteiger partial charge in [-0.05, 0) is 41.8 Å². The molecule has 0 saturated heterocycles. The zero-order valence-corrected chi connectivity index (χ0v) is 16.7. The molecule has 0 spiro atoms. The zero-order valence-electron chi connectivity index (χ0n) is 16.7. The van der Waals surface area contributed by atoms with Crippen LogP contribution in [0.1, 0.15) is 35.1 Å². The fraction of sp³-hybridized carbons (Fsp3) is 0.261. The van der Waals surface area contributed by atoms with Crippen LogP contribution in [0.15, 0.2) is 53.3 Å². The molecular weight excluding hydrogens is 383 g/mol. The third kappa shape index (κ3) is 4.40. The van der Waals surface area contributed by atoms with Crippen LogP contribution in [-0.2, 0) is 25.8 Å². The van der Waals surface area contributed by atoms with Crippen LogP contribution in [0.25, 0.3) is 0 Å². The van der Waals surface area contributed by atoms with Crippen molar-refractivity contribution < 1.29 is 9.18 Å². The van der Waals surface area contributed by atoms with Crippen molar-refractivity contribution in [1.29, 1.82) is 0 Å². The highest BCUT2D eigenvalue weighted by Crippen LogP contribution is 2.17. The third-order valence-electron chi connectivity index (χ3n) is 5.28. The highest BCUT2D eigenvalue weighted by Gasteiger charge is 2.24. The number of halogens is 1. The zero-order chi connectivity index (χ0) is 21.1. The van der Waals surface area contributed by atoms with E-state index in [-0.39, 0.29) is 24.0 Å². The van der Waals surface area contributed by atoms with E-state index in [0.29, 0.717) is 36.5 Å². The van der Waals surface area contributed by atoms with Crippen LogP contribution in [0.2, 0.25) is 0 Å². The Kier molecular flexibility index (Phi) is 5.61. The van der Waals surface area contributed by atoms with Crippen LogP contribution in [0, 0.1) is 5.82 Å². The van der Waals surface area contributed by atoms with E-state index in [2.05, 4.69) is 22.2 Å². The SMILES string of the molecule is CCc1ccc(NC(=O)N2CCc3nc(Cc4cccc(F)c4)[nH]c(=O)c3C2)cc1. The molecule has 2 N–H and O–H groups in total. The fourth-order valence-electron chi connectivity index (χ4n) is 3.60. The first-order chi connectivity index (χ1) is 14.5. The predicted molar refractivity (Wildman–Crippen MR) is 113 cm³/mol. The number of benzene rings is 2. The van der Waals surface area contributed by atoms with Gasteiger partial charge in [0.05, 0.1) is 17.8 Å². The smallest absolute Gasteiger partial charge is 0.320 e. The number of anilines is 1. The normalized spacial score (nSPS) is 13.1. The van der Waals surface area contributed by atoms with Crippen LogP contribution < -0.4 is 10.9 Å². The maximum absolute atomic E-state index is 13.4. The van der Waals surface area contributed by atoms with Crippen molar-refractivity contribution in [3.8, 4) is 0 Å². The second-order valence-electron chi connectivity index (χ2n) is 7.40. The highest BCUT2D eigenvalue weighted by atomic mass is 19.1. The molecule has 0 bridgehead atoms. The first-order valence-corrected chi connectivity index (χ1v) is 10.0. The molecular formula is C23H23FN4O2. The minimum atomic E-state index is -0.321. The Hall–Kier alpha value is -3.48. The lowest BCUT2D eigenvalue weighted by Crippen LogP contribution is -2.42. The molecule has 0 radical (unpaired) electrons. The van der Waals surface area contributed by atoms with Gasteiger partial charge in [0.1, 0.15) is 11.6 Å². The summed E-state index contributed by atoms with van der Waals surface area (Å²) in [5.74, 6) is 0.178. The summed E-state index contributed by atoms with van der Waals surface area (Å²) >= 11 is 0. The molecule has 1 aromatic heterocycles. The van der Waals surface area contributed by atoms with Gasteiger partial charge < -0.3 is 15.2 Å². The van der Waals surface area contributed by atoms with Crippen LogP contribution in [-0.4, -0.2) is 27.4 Å². The van der Waals surface area contributed by atoms with Gasteiger partial charge in [0.25, 0.3) is 5.56 Å². The number of aromatic nitrogens is 2. The minimum Gasteiger partial charge on any atom is -0.320 e. The van der Waals surface area contributed by atoms with Crippen LogP contribution in [0.3, 0.4) is 0 Å². The number of fused-ring (bicyclic) bond motifs is 1. The average Bonchev–Trinajstić information content (AvgIpc) is 2.74. The van der Waals surface area contributed by atoms with Crippen molar-refractivity contribution in [1.82, 2.24) is 14.9 Å². The van der Waals surface area contributed by atoms with Gasteiger partial charge in [0.2, 0.25) is 0 Å². The van der Waals surface area contributed by atoms with Crippen LogP contribution >= 0.6 is 0 Å². The molecule has 154 valence electrons. The van der Waals surface area contributed by atoms with E-state index in [1.165, 1.54) is 17.7 Å². The number of nitrogens with one attached hydrogen (secondary N) is 2. The van der Waals surface area contributed by atoms with Crippen LogP contribution in [0.4, 0.5) is 14.9 Å². The Morgan fingerprint density at radius 2 is 2.00 bits per heavy atom. The number of urea groups is 1. The summed E-state index contributed by atoms with van der Waals surface area (Å²) in [4.78, 5) is 34.2. The molecule has 3 aromatic rings. The Morgan fingerprint density at radius 1 is 1.20 bits per heavy atom. The van der Waals surface area contributed by atoms with Crippen molar-refractivity contribution in [2.75, 3.05) is 11.9 Å². The Bertz CT molecular complexity index is 1120. The summed E-state index contributed by atoms with van der Waals surface area (Å²) in [5.41, 5.74) is 3.61. The fourth-order valence-corrected chi connectivity index (χ4v) is 3.60. The summed E-state index contributed by atoms with van der Waals surface area (Å²) in [5, 5.41) is 2.88. The summed E-state index contributed by atoms with van der Waals surface area (Å²) in [6, 6.07) is 13.7. The molecule has 0 fully saturated rings. The van der Waals surface area contributed by atoms with Crippen molar-refractivity contribution in [2.24, 2.45) is 0 Å². The highest BCUT2D eigenvalue weighted by molar-refractivity contribution is 5.89. The lowest BCUT2D eigenvalue weighted by Gasteiger charge is -2.28. The third-order valence-corrected chi connectivity index (χ3v) is 5.28. The number of nitrogens with zero attached hydrogens (tertiary/aromatic N) is 2. The van der Waals surface area contributed by atoms with E-state index in [1.54, 1.807) is 17.0 Å². The van der Waals surface area contributed by atoms with E-state index in [1.807, 2.05) is 24.3 Å². The van der Waals surface area contributed by atoms with Gasteiger partial charge >= 0.3 is 6.03 Å². The molecule has 2 amide bonds. The van der Waals surface area contributed by atoms with Gasteiger partial charge in [-0.1, -0.05) is 31.2 Å². The van der Waals surface area contributed by atoms with Gasteiger partial charge in [-0.2, -0.15) is 0 Å². The first-order valence-electron chi connectivity index (χ1n) is 10.0. The first kappa shape index (κ1) is 19.8. The van der Waals surface area contributed by atoms with Crippen molar-refractivity contribution in [3.05, 3.63) is 92.9 Å². The Balaban J connectivity index is 1.46. The molecule has 1 aliphatic heterocycles. The second-order valence-corrected chi connectivity index (χ2v) is 7.40. The molecule has 6 nitrogen and oxygen atoms in total. The Morgan fingerprint density at radius 3 is 2.73 bits per heavy atom. The lowest BCUT2D eigenvalue weighted by molar-refractivity contribution is 0.205. The topological polar surface area (TPSA) is 78.1 Å². The molecule has 0 saturated carbocycles. The number of amides is 2. The van der Waals surface area contributed by atoms with E-state index < -0.39 is 0 Å². The van der Waals surface area contributed by atoms with Gasteiger partial charge in [0.15, 0.2) is 0 Å². The Labute approximate surface area is 173 Å². The molecule has 0 aliphatic carbocycles. The van der Waals surface area contributed by atoms with E-state index in [4.69, 9.17) is 0 Å². The predicted octanol–water partition coefficient (Wildman–Crippen LogP) is 3.65. The molecule has 2 aromatic carbocycles. The van der Waals surface area contributed by atoms with Crippen molar-refractivity contribution in [2.45, 2.75) is 32.7 Å². The number of hydrogen-bond donors (Lipinski definition) is 2. The number of aromatic amines is 1. The molecule has 0 atom stereocenters. The van der Waals surface area contributed by atoms with Crippen molar-refractivity contribution in [3.63, 3.8) is 0 Å². The molecule has 30 heavy (non-hydrogen) atoms. The standard InChI is InChI=1S/C23H23FN4O2/c1-2-15-6-8-18(9-7-15)25-23(30)28-11-10-20-19(14-28)22(29)27-21(26-20)13-16-4-3-5-17(24)12-16/h3-9,12H,2,10-11,13-14H2,1H3,(H,25,30)(H,26,27,29). The second kappa shape index (κ2) is 8.49. The molecule has 1 aliphatic rings. The van der Waals surface area contributed by atoms with Gasteiger partial charge in [-0.3, -0.25) is 4.79 Å². The number of aryl methyl sites for hydroxylation is 1. The summed E-state index contributed by atoms with van der Waals surface area (Å²) < 4.78 is 13.4. The van der Waals surface area contributed by atoms with Crippen molar-refractivity contribution >= 4 is 11.7 Å². The number of rotatable bonds is 4. The number of H-pyrrole nitrogens is 1. The van der Waals surface area contributed by atoms with Gasteiger partial charge in [0, 0.05) is 25.1 Å². The minimum absolute atomic E-state index is 0.205. The van der Waals surface area contributed by atoms with E-state index in [9.17, 15) is 14.0 Å². The molecule has 7 heteroatoms. The molecule has 2 heterocycles. The van der Waals surface area contributed by atoms with Gasteiger partial charge in [-0.25, -0.2) is 14.2 Å². The summed E-state index contributed by atoms with van der Waals surface area (Å²) in [6.07, 6.45) is 1.78. The number of carbonyl (C=O) groups is 1. The van der Waals surface area contributed by atoms with Gasteiger partial charge in [-0.15, -0.1) is 0 Å². The largest absolute Gasteiger partial charge is 0.322 e. The monoisotopic (exact) mass is 406 g/mol. The van der Waals surface area contributed by atoms with E-state index >= 15 is 0 Å². The maximum Gasteiger partial charge on any atom is 0.322 e. The summed E-state index contributed by atoms with van der Waals surface area (Å²) in [6.45, 7) is 2.76. The lowest BCUT2D eigenvalue weighted by atomic mass is 10.1. The summed E-state index contributed by atoms with van der Waals surface area (Å²) in [7, 11) is 0. The van der Waals surface area contributed by atoms with E-state index in [0.717, 1.165) is 17.7 Å². The quantitative estimate of drug-likeness (QED) is 0.694. The molecule has 0 unspecified atom stereocenters. The number of hydrogen-bond acceptors (Lipinski definition) is 3. The molecule has 4 rings (SSSR count). The number of carbonyl (C=O) groups excluding carboxylic acids is 1. The van der Waals surface area contributed by atoms with Crippen LogP contribution in [0.5, 0.6) is 0 Å². The average molecular weight is 406 g/mol.